The van der Waals surface area contributed by atoms with Gasteiger partial charge in [0.1, 0.15) is 5.82 Å². The van der Waals surface area contributed by atoms with E-state index in [0.29, 0.717) is 0 Å². The van der Waals surface area contributed by atoms with Crippen molar-refractivity contribution in [3.63, 3.8) is 0 Å². The summed E-state index contributed by atoms with van der Waals surface area (Å²) in [6.07, 6.45) is 7.57. The molecule has 0 aliphatic rings. The fraction of sp³-hybridized carbons (Fsp3) is 0.846. The summed E-state index contributed by atoms with van der Waals surface area (Å²) < 4.78 is 4.25. The maximum absolute atomic E-state index is 4.38. The third-order valence-corrected chi connectivity index (χ3v) is 3.48. The van der Waals surface area contributed by atoms with Gasteiger partial charge in [-0.15, -0.1) is 0 Å². The first-order chi connectivity index (χ1) is 8.22. The number of aromatic nitrogens is 2. The predicted octanol–water partition coefficient (Wildman–Crippen LogP) is 4.12. The Balaban J connectivity index is 1.97. The molecule has 1 N–H and O–H groups in total. The Hall–Kier alpha value is -0.640. The first-order valence-electron chi connectivity index (χ1n) is 6.78. The minimum atomic E-state index is 0.849. The maximum Gasteiger partial charge on any atom is 0.202 e. The van der Waals surface area contributed by atoms with Crippen molar-refractivity contribution in [1.82, 2.24) is 9.36 Å². The lowest BCUT2D eigenvalue weighted by Crippen LogP contribution is -2.01. The highest BCUT2D eigenvalue weighted by atomic mass is 32.1. The summed E-state index contributed by atoms with van der Waals surface area (Å²) in [5.74, 6) is 1.80. The molecule has 0 aliphatic heterocycles. The number of hydrogen-bond donors (Lipinski definition) is 1. The molecule has 0 radical (unpaired) electrons. The van der Waals surface area contributed by atoms with Crippen molar-refractivity contribution in [1.29, 1.82) is 0 Å². The molecule has 17 heavy (non-hydrogen) atoms. The second kappa shape index (κ2) is 8.45. The molecule has 0 unspecified atom stereocenters. The van der Waals surface area contributed by atoms with E-state index in [1.807, 2.05) is 0 Å². The molecule has 0 fully saturated rings. The van der Waals surface area contributed by atoms with Crippen molar-refractivity contribution in [2.45, 2.75) is 59.3 Å². The molecule has 0 aromatic carbocycles. The van der Waals surface area contributed by atoms with Gasteiger partial charge in [0, 0.05) is 24.5 Å². The molecule has 0 spiro atoms. The molecule has 1 rings (SSSR count). The molecule has 1 heterocycles. The molecule has 0 bridgehead atoms. The lowest BCUT2D eigenvalue weighted by Gasteiger charge is -2.04. The maximum atomic E-state index is 4.38. The number of nitrogens with zero attached hydrogens (tertiary/aromatic N) is 2. The summed E-state index contributed by atoms with van der Waals surface area (Å²) in [6, 6.07) is 0. The van der Waals surface area contributed by atoms with Gasteiger partial charge in [-0.3, -0.25) is 0 Å². The van der Waals surface area contributed by atoms with E-state index < -0.39 is 0 Å². The van der Waals surface area contributed by atoms with Gasteiger partial charge in [-0.05, 0) is 12.3 Å². The summed E-state index contributed by atoms with van der Waals surface area (Å²) in [4.78, 5) is 4.38. The van der Waals surface area contributed by atoms with E-state index >= 15 is 0 Å². The molecule has 0 atom stereocenters. The van der Waals surface area contributed by atoms with Crippen molar-refractivity contribution in [2.24, 2.45) is 5.92 Å². The highest BCUT2D eigenvalue weighted by molar-refractivity contribution is 7.09. The number of hydrogen-bond acceptors (Lipinski definition) is 4. The Labute approximate surface area is 109 Å². The number of nitrogens with one attached hydrogen (secondary N) is 1. The van der Waals surface area contributed by atoms with Crippen molar-refractivity contribution >= 4 is 16.7 Å². The van der Waals surface area contributed by atoms with E-state index in [0.717, 1.165) is 29.8 Å². The minimum absolute atomic E-state index is 0.849. The largest absolute Gasteiger partial charge is 0.360 e. The van der Waals surface area contributed by atoms with Crippen LogP contribution in [0.3, 0.4) is 0 Å². The second-order valence-electron chi connectivity index (χ2n) is 4.89. The first kappa shape index (κ1) is 14.4. The number of anilines is 1. The van der Waals surface area contributed by atoms with Gasteiger partial charge in [0.2, 0.25) is 5.13 Å². The van der Waals surface area contributed by atoms with E-state index in [-0.39, 0.29) is 0 Å². The van der Waals surface area contributed by atoms with Crippen LogP contribution in [0.5, 0.6) is 0 Å². The Morgan fingerprint density at radius 3 is 2.59 bits per heavy atom. The summed E-state index contributed by atoms with van der Waals surface area (Å²) >= 11 is 1.47. The summed E-state index contributed by atoms with van der Waals surface area (Å²) in [7, 11) is 0. The zero-order valence-corrected chi connectivity index (χ0v) is 12.1. The predicted molar refractivity (Wildman–Crippen MR) is 75.7 cm³/mol. The average Bonchev–Trinajstić information content (AvgIpc) is 2.75. The molecular weight excluding hydrogens is 230 g/mol. The van der Waals surface area contributed by atoms with Crippen molar-refractivity contribution in [3.8, 4) is 0 Å². The van der Waals surface area contributed by atoms with Gasteiger partial charge in [-0.2, -0.15) is 4.37 Å². The molecule has 0 saturated heterocycles. The molecule has 98 valence electrons. The van der Waals surface area contributed by atoms with Crippen LogP contribution >= 0.6 is 11.5 Å². The Bertz CT molecular complexity index is 297. The Kier molecular flexibility index (Phi) is 7.17. The quantitative estimate of drug-likeness (QED) is 0.675. The van der Waals surface area contributed by atoms with Gasteiger partial charge in [-0.25, -0.2) is 4.98 Å². The monoisotopic (exact) mass is 255 g/mol. The summed E-state index contributed by atoms with van der Waals surface area (Å²) in [5, 5.41) is 4.32. The van der Waals surface area contributed by atoms with Gasteiger partial charge < -0.3 is 5.32 Å². The molecular formula is C13H25N3S. The number of unbranched alkanes of at least 4 members (excludes halogenated alkanes) is 3. The van der Waals surface area contributed by atoms with Gasteiger partial charge in [0.15, 0.2) is 0 Å². The molecule has 0 amide bonds. The Morgan fingerprint density at radius 1 is 1.18 bits per heavy atom. The molecule has 4 heteroatoms. The SMILES string of the molecule is CCc1nsc(NCCCCCCC(C)C)n1. The van der Waals surface area contributed by atoms with Gasteiger partial charge in [-0.1, -0.05) is 46.5 Å². The van der Waals surface area contributed by atoms with Crippen LogP contribution in [0.2, 0.25) is 0 Å². The van der Waals surface area contributed by atoms with Crippen molar-refractivity contribution < 1.29 is 0 Å². The lowest BCUT2D eigenvalue weighted by molar-refractivity contribution is 0.523. The standard InChI is InChI=1S/C13H25N3S/c1-4-12-15-13(17-16-12)14-10-8-6-5-7-9-11(2)3/h11H,4-10H2,1-3H3,(H,14,15,16). The van der Waals surface area contributed by atoms with Crippen LogP contribution in [-0.4, -0.2) is 15.9 Å². The van der Waals surface area contributed by atoms with Crippen LogP contribution in [0, 0.1) is 5.92 Å². The van der Waals surface area contributed by atoms with Crippen LogP contribution in [0.15, 0.2) is 0 Å². The topological polar surface area (TPSA) is 37.8 Å². The van der Waals surface area contributed by atoms with E-state index in [4.69, 9.17) is 0 Å². The zero-order valence-electron chi connectivity index (χ0n) is 11.3. The van der Waals surface area contributed by atoms with Crippen LogP contribution in [0.1, 0.15) is 58.7 Å². The fourth-order valence-electron chi connectivity index (χ4n) is 1.70. The normalized spacial score (nSPS) is 11.1. The molecule has 1 aromatic rings. The second-order valence-corrected chi connectivity index (χ2v) is 5.64. The molecule has 0 saturated carbocycles. The van der Waals surface area contributed by atoms with Gasteiger partial charge in [0.25, 0.3) is 0 Å². The van der Waals surface area contributed by atoms with Crippen LogP contribution in [-0.2, 0) is 6.42 Å². The molecule has 3 nitrogen and oxygen atoms in total. The van der Waals surface area contributed by atoms with E-state index in [2.05, 4.69) is 35.4 Å². The number of rotatable bonds is 9. The minimum Gasteiger partial charge on any atom is -0.360 e. The zero-order chi connectivity index (χ0) is 12.5. The third-order valence-electron chi connectivity index (χ3n) is 2.77. The summed E-state index contributed by atoms with van der Waals surface area (Å²) in [6.45, 7) is 7.70. The van der Waals surface area contributed by atoms with E-state index in [1.165, 1.54) is 43.6 Å². The number of aryl methyl sites for hydroxylation is 1. The van der Waals surface area contributed by atoms with Gasteiger partial charge in [0.05, 0.1) is 0 Å². The van der Waals surface area contributed by atoms with Gasteiger partial charge >= 0.3 is 0 Å². The summed E-state index contributed by atoms with van der Waals surface area (Å²) in [5.41, 5.74) is 0. The first-order valence-corrected chi connectivity index (χ1v) is 7.56. The van der Waals surface area contributed by atoms with E-state index in [1.54, 1.807) is 0 Å². The highest BCUT2D eigenvalue weighted by Crippen LogP contribution is 2.12. The average molecular weight is 255 g/mol. The Morgan fingerprint density at radius 2 is 1.94 bits per heavy atom. The van der Waals surface area contributed by atoms with E-state index in [9.17, 15) is 0 Å². The lowest BCUT2D eigenvalue weighted by atomic mass is 10.0. The molecule has 1 aromatic heterocycles. The van der Waals surface area contributed by atoms with Crippen LogP contribution in [0.4, 0.5) is 5.13 Å². The highest BCUT2D eigenvalue weighted by Gasteiger charge is 2.00. The van der Waals surface area contributed by atoms with Crippen LogP contribution < -0.4 is 5.32 Å². The molecule has 0 aliphatic carbocycles. The third kappa shape index (κ3) is 6.61. The smallest absolute Gasteiger partial charge is 0.202 e. The van der Waals surface area contributed by atoms with Crippen molar-refractivity contribution in [3.05, 3.63) is 5.82 Å². The van der Waals surface area contributed by atoms with Crippen LogP contribution in [0.25, 0.3) is 0 Å². The fourth-order valence-corrected chi connectivity index (χ4v) is 2.37. The van der Waals surface area contributed by atoms with Crippen molar-refractivity contribution in [2.75, 3.05) is 11.9 Å².